The highest BCUT2D eigenvalue weighted by molar-refractivity contribution is 6.46. The summed E-state index contributed by atoms with van der Waals surface area (Å²) in [5.74, 6) is -2.25. The van der Waals surface area contributed by atoms with Crippen LogP contribution in [0.4, 0.5) is 0 Å². The number of halogens is 2. The van der Waals surface area contributed by atoms with Crippen LogP contribution in [-0.4, -0.2) is 71.1 Å². The molecular formula is C23H22Cl2N2O5. The number of carbonyl (C=O) groups is 2. The van der Waals surface area contributed by atoms with Gasteiger partial charge >= 0.3 is 0 Å². The molecule has 2 N–H and O–H groups in total. The van der Waals surface area contributed by atoms with Gasteiger partial charge in [0.05, 0.1) is 30.4 Å². The quantitative estimate of drug-likeness (QED) is 0.390. The highest BCUT2D eigenvalue weighted by atomic mass is 35.5. The van der Waals surface area contributed by atoms with Crippen molar-refractivity contribution in [3.63, 3.8) is 0 Å². The second-order valence-electron chi connectivity index (χ2n) is 7.66. The molecule has 168 valence electrons. The van der Waals surface area contributed by atoms with E-state index in [0.717, 1.165) is 13.1 Å². The lowest BCUT2D eigenvalue weighted by molar-refractivity contribution is -0.140. The van der Waals surface area contributed by atoms with Crippen LogP contribution >= 0.6 is 23.2 Å². The van der Waals surface area contributed by atoms with Crippen molar-refractivity contribution < 1.29 is 24.5 Å². The Kier molecular flexibility index (Phi) is 6.71. The van der Waals surface area contributed by atoms with Crippen LogP contribution in [0.15, 0.2) is 48.0 Å². The largest absolute Gasteiger partial charge is 0.507 e. The van der Waals surface area contributed by atoms with E-state index in [1.807, 2.05) is 0 Å². The van der Waals surface area contributed by atoms with E-state index in [4.69, 9.17) is 27.9 Å². The number of ether oxygens (including phenoxy) is 1. The lowest BCUT2D eigenvalue weighted by atomic mass is 9.95. The molecule has 2 aromatic rings. The van der Waals surface area contributed by atoms with Crippen LogP contribution in [0.2, 0.25) is 10.0 Å². The Morgan fingerprint density at radius 2 is 1.66 bits per heavy atom. The van der Waals surface area contributed by atoms with Crippen molar-refractivity contribution in [3.05, 3.63) is 69.2 Å². The number of aliphatic hydroxyl groups is 1. The van der Waals surface area contributed by atoms with Gasteiger partial charge in [0.2, 0.25) is 0 Å². The molecule has 7 nitrogen and oxygen atoms in total. The number of aromatic hydroxyl groups is 1. The molecule has 0 radical (unpaired) electrons. The van der Waals surface area contributed by atoms with Gasteiger partial charge in [0.15, 0.2) is 0 Å². The number of morpholine rings is 1. The van der Waals surface area contributed by atoms with Gasteiger partial charge in [0.1, 0.15) is 11.5 Å². The number of hydrogen-bond donors (Lipinski definition) is 2. The number of hydrogen-bond acceptors (Lipinski definition) is 6. The summed E-state index contributed by atoms with van der Waals surface area (Å²) >= 11 is 12.1. The van der Waals surface area contributed by atoms with Crippen molar-refractivity contribution in [2.24, 2.45) is 0 Å². The zero-order valence-electron chi connectivity index (χ0n) is 17.1. The Bertz CT molecular complexity index is 1060. The standard InChI is InChI=1S/C23H22Cl2N2O5/c24-15-3-1-14(2-4-15)20-19(21(29)17-13-16(25)5-6-18(17)28)22(30)23(31)27(20)8-7-26-9-11-32-12-10-26/h1-6,13,20,28-29H,7-12H2/b21-19+. The summed E-state index contributed by atoms with van der Waals surface area (Å²) in [5.41, 5.74) is 0.512. The fourth-order valence-electron chi connectivity index (χ4n) is 4.02. The smallest absolute Gasteiger partial charge is 0.295 e. The van der Waals surface area contributed by atoms with Crippen molar-refractivity contribution in [2.45, 2.75) is 6.04 Å². The zero-order chi connectivity index (χ0) is 22.8. The van der Waals surface area contributed by atoms with E-state index in [9.17, 15) is 19.8 Å². The molecule has 0 spiro atoms. The lowest BCUT2D eigenvalue weighted by Gasteiger charge is -2.31. The molecule has 0 aromatic heterocycles. The predicted octanol–water partition coefficient (Wildman–Crippen LogP) is 3.45. The SMILES string of the molecule is O=C1C(=O)N(CCN2CCOCC2)C(c2ccc(Cl)cc2)/C1=C(\O)c1cc(Cl)ccc1O. The fourth-order valence-corrected chi connectivity index (χ4v) is 4.32. The Morgan fingerprint density at radius 1 is 1.00 bits per heavy atom. The molecule has 2 saturated heterocycles. The molecule has 2 heterocycles. The van der Waals surface area contributed by atoms with E-state index in [2.05, 4.69) is 4.90 Å². The van der Waals surface area contributed by atoms with Crippen molar-refractivity contribution in [2.75, 3.05) is 39.4 Å². The number of aliphatic hydroxyl groups excluding tert-OH is 1. The van der Waals surface area contributed by atoms with Crippen LogP contribution in [-0.2, 0) is 14.3 Å². The van der Waals surface area contributed by atoms with Crippen molar-refractivity contribution in [1.82, 2.24) is 9.80 Å². The summed E-state index contributed by atoms with van der Waals surface area (Å²) in [7, 11) is 0. The number of nitrogens with zero attached hydrogens (tertiary/aromatic N) is 2. The summed E-state index contributed by atoms with van der Waals surface area (Å²) in [6.07, 6.45) is 0. The fraction of sp³-hybridized carbons (Fsp3) is 0.304. The average molecular weight is 477 g/mol. The molecule has 2 aromatic carbocycles. The predicted molar refractivity (Wildman–Crippen MR) is 121 cm³/mol. The van der Waals surface area contributed by atoms with Crippen molar-refractivity contribution in [1.29, 1.82) is 0 Å². The molecule has 1 unspecified atom stereocenters. The first-order chi connectivity index (χ1) is 15.4. The van der Waals surface area contributed by atoms with E-state index in [0.29, 0.717) is 30.3 Å². The maximum atomic E-state index is 13.0. The first-order valence-electron chi connectivity index (χ1n) is 10.2. The third-order valence-corrected chi connectivity index (χ3v) is 6.19. The number of amides is 1. The van der Waals surface area contributed by atoms with Crippen LogP contribution in [0.1, 0.15) is 17.2 Å². The number of Topliss-reactive ketones (excluding diaryl/α,β-unsaturated/α-hetero) is 1. The molecule has 1 atom stereocenters. The molecule has 1 amide bonds. The zero-order valence-corrected chi connectivity index (χ0v) is 18.6. The first kappa shape index (κ1) is 22.6. The summed E-state index contributed by atoms with van der Waals surface area (Å²) in [4.78, 5) is 29.7. The minimum atomic E-state index is -0.827. The van der Waals surface area contributed by atoms with E-state index in [1.54, 1.807) is 24.3 Å². The molecule has 0 aliphatic carbocycles. The van der Waals surface area contributed by atoms with Crippen LogP contribution in [0.25, 0.3) is 5.76 Å². The van der Waals surface area contributed by atoms with Crippen molar-refractivity contribution in [3.8, 4) is 5.75 Å². The molecular weight excluding hydrogens is 455 g/mol. The lowest BCUT2D eigenvalue weighted by Crippen LogP contribution is -2.42. The number of benzene rings is 2. The topological polar surface area (TPSA) is 90.3 Å². The van der Waals surface area contributed by atoms with E-state index in [-0.39, 0.29) is 28.5 Å². The number of likely N-dealkylation sites (tertiary alicyclic amines) is 1. The summed E-state index contributed by atoms with van der Waals surface area (Å²) in [6, 6.07) is 10.1. The molecule has 2 fully saturated rings. The third kappa shape index (κ3) is 4.47. The first-order valence-corrected chi connectivity index (χ1v) is 11.0. The van der Waals surface area contributed by atoms with Crippen LogP contribution in [0, 0.1) is 0 Å². The van der Waals surface area contributed by atoms with Gasteiger partial charge in [-0.1, -0.05) is 35.3 Å². The second-order valence-corrected chi connectivity index (χ2v) is 8.53. The molecule has 4 rings (SSSR count). The molecule has 0 saturated carbocycles. The van der Waals surface area contributed by atoms with E-state index < -0.39 is 23.5 Å². The van der Waals surface area contributed by atoms with E-state index in [1.165, 1.54) is 23.1 Å². The number of phenols is 1. The molecule has 2 aliphatic rings. The van der Waals surface area contributed by atoms with Gasteiger partial charge in [-0.3, -0.25) is 14.5 Å². The van der Waals surface area contributed by atoms with Gasteiger partial charge in [-0.2, -0.15) is 0 Å². The van der Waals surface area contributed by atoms with Gasteiger partial charge in [-0.05, 0) is 35.9 Å². The van der Waals surface area contributed by atoms with Crippen LogP contribution in [0.5, 0.6) is 5.75 Å². The highest BCUT2D eigenvalue weighted by Crippen LogP contribution is 2.41. The Hall–Kier alpha value is -2.58. The van der Waals surface area contributed by atoms with Crippen LogP contribution < -0.4 is 0 Å². The van der Waals surface area contributed by atoms with Gasteiger partial charge in [-0.15, -0.1) is 0 Å². The highest BCUT2D eigenvalue weighted by Gasteiger charge is 2.46. The maximum Gasteiger partial charge on any atom is 0.295 e. The maximum absolute atomic E-state index is 13.0. The minimum absolute atomic E-state index is 0.0114. The Balaban J connectivity index is 1.76. The second kappa shape index (κ2) is 9.50. The summed E-state index contributed by atoms with van der Waals surface area (Å²) in [5, 5.41) is 22.1. The monoisotopic (exact) mass is 476 g/mol. The average Bonchev–Trinajstić information content (AvgIpc) is 3.05. The van der Waals surface area contributed by atoms with Crippen LogP contribution in [0.3, 0.4) is 0 Å². The molecule has 0 bridgehead atoms. The summed E-state index contributed by atoms with van der Waals surface area (Å²) in [6.45, 7) is 3.57. The van der Waals surface area contributed by atoms with Crippen molar-refractivity contribution >= 4 is 40.7 Å². The number of carbonyl (C=O) groups excluding carboxylic acids is 2. The van der Waals surface area contributed by atoms with E-state index >= 15 is 0 Å². The third-order valence-electron chi connectivity index (χ3n) is 5.70. The number of rotatable bonds is 5. The van der Waals surface area contributed by atoms with Gasteiger partial charge in [0, 0.05) is 36.2 Å². The Morgan fingerprint density at radius 3 is 2.34 bits per heavy atom. The Labute approximate surface area is 195 Å². The van der Waals surface area contributed by atoms with Gasteiger partial charge in [0.25, 0.3) is 11.7 Å². The number of ketones is 1. The minimum Gasteiger partial charge on any atom is -0.507 e. The molecule has 32 heavy (non-hydrogen) atoms. The normalized spacial score (nSPS) is 21.3. The molecule has 9 heteroatoms. The van der Waals surface area contributed by atoms with Gasteiger partial charge < -0.3 is 19.8 Å². The molecule has 2 aliphatic heterocycles. The van der Waals surface area contributed by atoms with Gasteiger partial charge in [-0.25, -0.2) is 0 Å². The summed E-state index contributed by atoms with van der Waals surface area (Å²) < 4.78 is 5.37. The number of phenolic OH excluding ortho intramolecular Hbond substituents is 1.